The van der Waals surface area contributed by atoms with Crippen molar-refractivity contribution in [1.29, 1.82) is 0 Å². The second-order valence-electron chi connectivity index (χ2n) is 5.29. The van der Waals surface area contributed by atoms with Crippen molar-refractivity contribution in [3.05, 3.63) is 35.4 Å². The Morgan fingerprint density at radius 2 is 1.95 bits per heavy atom. The van der Waals surface area contributed by atoms with Crippen LogP contribution in [-0.2, 0) is 4.79 Å². The SMILES string of the molecule is CNCC(=O)N1CCN(C(C)c2ccc(F)cc2F)CC1. The van der Waals surface area contributed by atoms with Crippen LogP contribution in [0.15, 0.2) is 18.2 Å². The molecule has 1 atom stereocenters. The van der Waals surface area contributed by atoms with Gasteiger partial charge >= 0.3 is 0 Å². The molecule has 0 bridgehead atoms. The number of carbonyl (C=O) groups is 1. The maximum absolute atomic E-state index is 13.8. The molecule has 1 aromatic rings. The topological polar surface area (TPSA) is 35.6 Å². The normalized spacial score (nSPS) is 17.8. The number of carbonyl (C=O) groups excluding carboxylic acids is 1. The summed E-state index contributed by atoms with van der Waals surface area (Å²) in [6.45, 7) is 4.88. The number of amides is 1. The Labute approximate surface area is 123 Å². The molecule has 1 heterocycles. The fraction of sp³-hybridized carbons (Fsp3) is 0.533. The first kappa shape index (κ1) is 15.9. The number of rotatable bonds is 4. The minimum Gasteiger partial charge on any atom is -0.339 e. The molecule has 0 spiro atoms. The third-order valence-corrected chi connectivity index (χ3v) is 3.96. The van der Waals surface area contributed by atoms with Crippen LogP contribution in [0.25, 0.3) is 0 Å². The highest BCUT2D eigenvalue weighted by atomic mass is 19.1. The Morgan fingerprint density at radius 1 is 1.29 bits per heavy atom. The highest BCUT2D eigenvalue weighted by molar-refractivity contribution is 5.78. The van der Waals surface area contributed by atoms with Crippen LogP contribution in [0.5, 0.6) is 0 Å². The van der Waals surface area contributed by atoms with Crippen LogP contribution >= 0.6 is 0 Å². The zero-order valence-electron chi connectivity index (χ0n) is 12.4. The number of piperazine rings is 1. The van der Waals surface area contributed by atoms with Gasteiger partial charge in [0.05, 0.1) is 6.54 Å². The minimum absolute atomic E-state index is 0.0813. The van der Waals surface area contributed by atoms with Crippen molar-refractivity contribution in [2.75, 3.05) is 39.8 Å². The standard InChI is InChI=1S/C15H21F2N3O/c1-11(13-4-3-12(16)9-14(13)17)19-5-7-20(8-6-19)15(21)10-18-2/h3-4,9,11,18H,5-8,10H2,1-2H3. The lowest BCUT2D eigenvalue weighted by molar-refractivity contribution is -0.132. The summed E-state index contributed by atoms with van der Waals surface area (Å²) >= 11 is 0. The van der Waals surface area contributed by atoms with E-state index in [0.717, 1.165) is 6.07 Å². The van der Waals surface area contributed by atoms with Crippen molar-refractivity contribution < 1.29 is 13.6 Å². The Hall–Kier alpha value is -1.53. The van der Waals surface area contributed by atoms with Gasteiger partial charge in [-0.05, 0) is 20.0 Å². The predicted molar refractivity (Wildman–Crippen MR) is 76.9 cm³/mol. The van der Waals surface area contributed by atoms with Crippen molar-refractivity contribution in [2.24, 2.45) is 0 Å². The third kappa shape index (κ3) is 3.77. The van der Waals surface area contributed by atoms with Gasteiger partial charge < -0.3 is 10.2 Å². The summed E-state index contributed by atoms with van der Waals surface area (Å²) < 4.78 is 26.8. The monoisotopic (exact) mass is 297 g/mol. The first-order chi connectivity index (χ1) is 10.0. The van der Waals surface area contributed by atoms with Gasteiger partial charge in [0.25, 0.3) is 0 Å². The average Bonchev–Trinajstić information content (AvgIpc) is 2.47. The largest absolute Gasteiger partial charge is 0.339 e. The van der Waals surface area contributed by atoms with E-state index in [0.29, 0.717) is 38.3 Å². The summed E-state index contributed by atoms with van der Waals surface area (Å²) in [7, 11) is 1.74. The zero-order valence-corrected chi connectivity index (χ0v) is 12.4. The van der Waals surface area contributed by atoms with Gasteiger partial charge in [0.15, 0.2) is 0 Å². The number of likely N-dealkylation sites (N-methyl/N-ethyl adjacent to an activating group) is 1. The van der Waals surface area contributed by atoms with E-state index < -0.39 is 11.6 Å². The smallest absolute Gasteiger partial charge is 0.236 e. The lowest BCUT2D eigenvalue weighted by Gasteiger charge is -2.38. The van der Waals surface area contributed by atoms with Crippen LogP contribution < -0.4 is 5.32 Å². The lowest BCUT2D eigenvalue weighted by atomic mass is 10.1. The highest BCUT2D eigenvalue weighted by Crippen LogP contribution is 2.24. The molecular weight excluding hydrogens is 276 g/mol. The van der Waals surface area contributed by atoms with Crippen LogP contribution in [0.1, 0.15) is 18.5 Å². The molecule has 1 N–H and O–H groups in total. The van der Waals surface area contributed by atoms with E-state index in [1.165, 1.54) is 12.1 Å². The summed E-state index contributed by atoms with van der Waals surface area (Å²) in [5, 5.41) is 2.85. The molecule has 1 unspecified atom stereocenters. The van der Waals surface area contributed by atoms with Gasteiger partial charge in [0.1, 0.15) is 11.6 Å². The molecule has 1 aromatic carbocycles. The predicted octanol–water partition coefficient (Wildman–Crippen LogP) is 1.39. The fourth-order valence-electron chi connectivity index (χ4n) is 2.66. The van der Waals surface area contributed by atoms with Gasteiger partial charge in [-0.1, -0.05) is 6.07 Å². The zero-order chi connectivity index (χ0) is 15.4. The Balaban J connectivity index is 1.97. The number of halogens is 2. The summed E-state index contributed by atoms with van der Waals surface area (Å²) in [6.07, 6.45) is 0. The van der Waals surface area contributed by atoms with E-state index >= 15 is 0 Å². The van der Waals surface area contributed by atoms with E-state index in [2.05, 4.69) is 10.2 Å². The van der Waals surface area contributed by atoms with Crippen molar-refractivity contribution in [2.45, 2.75) is 13.0 Å². The molecule has 0 radical (unpaired) electrons. The fourth-order valence-corrected chi connectivity index (χ4v) is 2.66. The van der Waals surface area contributed by atoms with E-state index in [4.69, 9.17) is 0 Å². The molecule has 6 heteroatoms. The molecule has 2 rings (SSSR count). The van der Waals surface area contributed by atoms with E-state index in [1.807, 2.05) is 6.92 Å². The average molecular weight is 297 g/mol. The molecule has 116 valence electrons. The van der Waals surface area contributed by atoms with Crippen LogP contribution in [0, 0.1) is 11.6 Å². The Bertz CT molecular complexity index is 502. The quantitative estimate of drug-likeness (QED) is 0.912. The Morgan fingerprint density at radius 3 is 2.52 bits per heavy atom. The summed E-state index contributed by atoms with van der Waals surface area (Å²) in [5.41, 5.74) is 0.492. The minimum atomic E-state index is -0.564. The summed E-state index contributed by atoms with van der Waals surface area (Å²) in [6, 6.07) is 3.56. The van der Waals surface area contributed by atoms with Crippen molar-refractivity contribution in [1.82, 2.24) is 15.1 Å². The second kappa shape index (κ2) is 6.95. The van der Waals surface area contributed by atoms with Gasteiger partial charge in [-0.3, -0.25) is 9.69 Å². The molecule has 0 aliphatic carbocycles. The van der Waals surface area contributed by atoms with Crippen molar-refractivity contribution in [3.63, 3.8) is 0 Å². The molecule has 4 nitrogen and oxygen atoms in total. The molecule has 1 saturated heterocycles. The van der Waals surface area contributed by atoms with Crippen LogP contribution in [0.3, 0.4) is 0 Å². The second-order valence-corrected chi connectivity index (χ2v) is 5.29. The van der Waals surface area contributed by atoms with E-state index in [-0.39, 0.29) is 11.9 Å². The van der Waals surface area contributed by atoms with E-state index in [1.54, 1.807) is 11.9 Å². The molecule has 21 heavy (non-hydrogen) atoms. The Kier molecular flexibility index (Phi) is 5.25. The van der Waals surface area contributed by atoms with Crippen molar-refractivity contribution >= 4 is 5.91 Å². The third-order valence-electron chi connectivity index (χ3n) is 3.96. The highest BCUT2D eigenvalue weighted by Gasteiger charge is 2.25. The van der Waals surface area contributed by atoms with E-state index in [9.17, 15) is 13.6 Å². The summed E-state index contributed by atoms with van der Waals surface area (Å²) in [5.74, 6) is -1.00. The van der Waals surface area contributed by atoms with Crippen LogP contribution in [0.4, 0.5) is 8.78 Å². The summed E-state index contributed by atoms with van der Waals surface area (Å²) in [4.78, 5) is 15.7. The molecule has 1 fully saturated rings. The van der Waals surface area contributed by atoms with Gasteiger partial charge in [-0.25, -0.2) is 8.78 Å². The molecule has 1 amide bonds. The number of nitrogens with one attached hydrogen (secondary N) is 1. The number of hydrogen-bond donors (Lipinski definition) is 1. The molecular formula is C15H21F2N3O. The van der Waals surface area contributed by atoms with Gasteiger partial charge in [0, 0.05) is 43.9 Å². The maximum atomic E-state index is 13.8. The molecule has 0 saturated carbocycles. The number of nitrogens with zero attached hydrogens (tertiary/aromatic N) is 2. The molecule has 0 aromatic heterocycles. The lowest BCUT2D eigenvalue weighted by Crippen LogP contribution is -2.51. The number of hydrogen-bond acceptors (Lipinski definition) is 3. The van der Waals surface area contributed by atoms with Crippen LogP contribution in [0.2, 0.25) is 0 Å². The van der Waals surface area contributed by atoms with Crippen molar-refractivity contribution in [3.8, 4) is 0 Å². The van der Waals surface area contributed by atoms with Gasteiger partial charge in [-0.2, -0.15) is 0 Å². The maximum Gasteiger partial charge on any atom is 0.236 e. The molecule has 1 aliphatic rings. The first-order valence-electron chi connectivity index (χ1n) is 7.14. The number of benzene rings is 1. The molecule has 1 aliphatic heterocycles. The van der Waals surface area contributed by atoms with Crippen LogP contribution in [-0.4, -0.2) is 55.5 Å². The van der Waals surface area contributed by atoms with Gasteiger partial charge in [-0.15, -0.1) is 0 Å². The van der Waals surface area contributed by atoms with Gasteiger partial charge in [0.2, 0.25) is 5.91 Å². The first-order valence-corrected chi connectivity index (χ1v) is 7.14.